The van der Waals surface area contributed by atoms with Crippen molar-refractivity contribution in [3.63, 3.8) is 0 Å². The van der Waals surface area contributed by atoms with Gasteiger partial charge in [-0.05, 0) is 38.8 Å². The Hall–Kier alpha value is -1.47. The number of nitrogens with zero attached hydrogens (tertiary/aromatic N) is 3. The maximum absolute atomic E-state index is 12.2. The zero-order valence-electron chi connectivity index (χ0n) is 14.4. The Morgan fingerprint density at radius 1 is 1.21 bits per heavy atom. The highest BCUT2D eigenvalue weighted by Crippen LogP contribution is 2.19. The van der Waals surface area contributed by atoms with E-state index in [0.29, 0.717) is 31.0 Å². The molecule has 0 atom stereocenters. The fraction of sp³-hybridized carbons (Fsp3) is 0.824. The van der Waals surface area contributed by atoms with Crippen LogP contribution in [0.3, 0.4) is 0 Å². The third-order valence-corrected chi connectivity index (χ3v) is 4.97. The molecule has 2 N–H and O–H groups in total. The molecule has 1 amide bonds. The molecule has 1 saturated carbocycles. The van der Waals surface area contributed by atoms with Gasteiger partial charge in [-0.3, -0.25) is 4.79 Å². The number of rotatable bonds is 6. The van der Waals surface area contributed by atoms with E-state index in [1.165, 1.54) is 25.7 Å². The number of amides is 1. The van der Waals surface area contributed by atoms with Crippen LogP contribution < -0.4 is 10.6 Å². The molecule has 0 spiro atoms. The lowest BCUT2D eigenvalue weighted by molar-refractivity contribution is 0.0441. The quantitative estimate of drug-likeness (QED) is 0.610. The van der Waals surface area contributed by atoms with Gasteiger partial charge in [0.2, 0.25) is 0 Å². The number of ether oxygens (including phenoxy) is 1. The van der Waals surface area contributed by atoms with Gasteiger partial charge < -0.3 is 15.4 Å². The van der Waals surface area contributed by atoms with E-state index in [4.69, 9.17) is 4.74 Å². The second kappa shape index (κ2) is 9.13. The summed E-state index contributed by atoms with van der Waals surface area (Å²) in [4.78, 5) is 12.2. The van der Waals surface area contributed by atoms with Gasteiger partial charge in [0.05, 0.1) is 24.9 Å². The van der Waals surface area contributed by atoms with Crippen molar-refractivity contribution in [1.82, 2.24) is 25.6 Å². The maximum atomic E-state index is 12.2. The molecule has 0 radical (unpaired) electrons. The molecule has 3 rings (SSSR count). The van der Waals surface area contributed by atoms with E-state index in [9.17, 15) is 4.79 Å². The minimum atomic E-state index is -0.167. The molecule has 2 fully saturated rings. The predicted molar refractivity (Wildman–Crippen MR) is 90.9 cm³/mol. The van der Waals surface area contributed by atoms with Gasteiger partial charge in [-0.25, -0.2) is 4.68 Å². The number of aromatic nitrogens is 3. The van der Waals surface area contributed by atoms with E-state index in [2.05, 4.69) is 20.9 Å². The van der Waals surface area contributed by atoms with Crippen molar-refractivity contribution >= 4 is 5.91 Å². The zero-order chi connectivity index (χ0) is 16.6. The van der Waals surface area contributed by atoms with Gasteiger partial charge in [0.1, 0.15) is 0 Å². The van der Waals surface area contributed by atoms with Crippen LogP contribution in [0.2, 0.25) is 0 Å². The minimum Gasteiger partial charge on any atom is -0.376 e. The first kappa shape index (κ1) is 17.4. The van der Waals surface area contributed by atoms with Crippen molar-refractivity contribution in [2.75, 3.05) is 26.2 Å². The molecule has 1 aromatic rings. The molecule has 0 bridgehead atoms. The number of hydrogen-bond donors (Lipinski definition) is 2. The monoisotopic (exact) mass is 335 g/mol. The maximum Gasteiger partial charge on any atom is 0.273 e. The normalized spacial score (nSPS) is 20.7. The summed E-state index contributed by atoms with van der Waals surface area (Å²) < 4.78 is 7.72. The summed E-state index contributed by atoms with van der Waals surface area (Å²) in [6, 6.07) is 0.346. The Morgan fingerprint density at radius 2 is 1.96 bits per heavy atom. The van der Waals surface area contributed by atoms with Crippen LogP contribution in [0.5, 0.6) is 0 Å². The topological polar surface area (TPSA) is 81.1 Å². The van der Waals surface area contributed by atoms with Crippen LogP contribution in [0.4, 0.5) is 0 Å². The first-order chi connectivity index (χ1) is 11.8. The van der Waals surface area contributed by atoms with Gasteiger partial charge in [-0.2, -0.15) is 0 Å². The molecule has 2 aliphatic rings. The van der Waals surface area contributed by atoms with Crippen LogP contribution in [-0.2, 0) is 4.74 Å². The summed E-state index contributed by atoms with van der Waals surface area (Å²) >= 11 is 0. The largest absolute Gasteiger partial charge is 0.376 e. The average Bonchev–Trinajstić information content (AvgIpc) is 2.97. The van der Waals surface area contributed by atoms with Crippen molar-refractivity contribution in [3.05, 3.63) is 11.9 Å². The van der Waals surface area contributed by atoms with Crippen molar-refractivity contribution in [3.8, 4) is 0 Å². The molecule has 1 aliphatic carbocycles. The van der Waals surface area contributed by atoms with Gasteiger partial charge in [0, 0.05) is 6.54 Å². The molecule has 2 heterocycles. The van der Waals surface area contributed by atoms with Crippen LogP contribution >= 0.6 is 0 Å². The van der Waals surface area contributed by atoms with Gasteiger partial charge in [0.15, 0.2) is 5.69 Å². The lowest BCUT2D eigenvalue weighted by Gasteiger charge is -2.22. The highest BCUT2D eigenvalue weighted by Gasteiger charge is 2.18. The summed E-state index contributed by atoms with van der Waals surface area (Å²) in [5.41, 5.74) is 0.392. The molecule has 134 valence electrons. The SMILES string of the molecule is O=C(NCCOC1CCCCCC1)c1cn(C2CCNCC2)nn1. The van der Waals surface area contributed by atoms with E-state index in [1.807, 2.05) is 4.68 Å². The van der Waals surface area contributed by atoms with Crippen molar-refractivity contribution in [2.24, 2.45) is 0 Å². The molecule has 7 nitrogen and oxygen atoms in total. The Kier molecular flexibility index (Phi) is 6.60. The first-order valence-corrected chi connectivity index (χ1v) is 9.35. The Morgan fingerprint density at radius 3 is 2.71 bits per heavy atom. The summed E-state index contributed by atoms with van der Waals surface area (Å²) in [5.74, 6) is -0.167. The molecule has 7 heteroatoms. The van der Waals surface area contributed by atoms with Gasteiger partial charge in [-0.1, -0.05) is 30.9 Å². The zero-order valence-corrected chi connectivity index (χ0v) is 14.4. The Labute approximate surface area is 143 Å². The van der Waals surface area contributed by atoms with Crippen LogP contribution in [0.1, 0.15) is 67.9 Å². The molecular formula is C17H29N5O2. The summed E-state index contributed by atoms with van der Waals surface area (Å²) in [6.45, 7) is 3.07. The van der Waals surface area contributed by atoms with E-state index < -0.39 is 0 Å². The van der Waals surface area contributed by atoms with E-state index >= 15 is 0 Å². The molecule has 1 saturated heterocycles. The number of nitrogens with one attached hydrogen (secondary N) is 2. The van der Waals surface area contributed by atoms with Crippen LogP contribution in [-0.4, -0.2) is 53.2 Å². The van der Waals surface area contributed by atoms with Gasteiger partial charge in [-0.15, -0.1) is 5.10 Å². The first-order valence-electron chi connectivity index (χ1n) is 9.35. The second-order valence-electron chi connectivity index (χ2n) is 6.81. The third kappa shape index (κ3) is 5.01. The molecular weight excluding hydrogens is 306 g/mol. The Balaban J connectivity index is 1.38. The summed E-state index contributed by atoms with van der Waals surface area (Å²) in [7, 11) is 0. The van der Waals surface area contributed by atoms with Crippen LogP contribution in [0.15, 0.2) is 6.20 Å². The molecule has 0 aromatic carbocycles. The summed E-state index contributed by atoms with van der Waals surface area (Å²) in [6.07, 6.45) is 11.7. The van der Waals surface area contributed by atoms with E-state index in [0.717, 1.165) is 38.8 Å². The number of piperidine rings is 1. The van der Waals surface area contributed by atoms with Crippen molar-refractivity contribution in [2.45, 2.75) is 63.5 Å². The van der Waals surface area contributed by atoms with Gasteiger partial charge >= 0.3 is 0 Å². The van der Waals surface area contributed by atoms with E-state index in [1.54, 1.807) is 6.20 Å². The van der Waals surface area contributed by atoms with E-state index in [-0.39, 0.29) is 5.91 Å². The molecule has 1 aromatic heterocycles. The number of hydrogen-bond acceptors (Lipinski definition) is 5. The lowest BCUT2D eigenvalue weighted by Crippen LogP contribution is -2.30. The smallest absolute Gasteiger partial charge is 0.273 e. The second-order valence-corrected chi connectivity index (χ2v) is 6.81. The predicted octanol–water partition coefficient (Wildman–Crippen LogP) is 1.67. The minimum absolute atomic E-state index is 0.167. The van der Waals surface area contributed by atoms with Crippen LogP contribution in [0.25, 0.3) is 0 Å². The molecule has 1 aliphatic heterocycles. The fourth-order valence-corrected chi connectivity index (χ4v) is 3.52. The van der Waals surface area contributed by atoms with Crippen LogP contribution in [0, 0.1) is 0 Å². The fourth-order valence-electron chi connectivity index (χ4n) is 3.52. The highest BCUT2D eigenvalue weighted by atomic mass is 16.5. The third-order valence-electron chi connectivity index (χ3n) is 4.97. The van der Waals surface area contributed by atoms with Crippen molar-refractivity contribution < 1.29 is 9.53 Å². The number of carbonyl (C=O) groups is 1. The Bertz CT molecular complexity index is 505. The molecule has 24 heavy (non-hydrogen) atoms. The average molecular weight is 335 g/mol. The highest BCUT2D eigenvalue weighted by molar-refractivity contribution is 5.91. The lowest BCUT2D eigenvalue weighted by atomic mass is 10.1. The number of carbonyl (C=O) groups excluding carboxylic acids is 1. The van der Waals surface area contributed by atoms with Gasteiger partial charge in [0.25, 0.3) is 5.91 Å². The molecule has 0 unspecified atom stereocenters. The standard InChI is InChI=1S/C17H29N5O2/c23-17(19-11-12-24-15-5-3-1-2-4-6-15)16-13-22(21-20-16)14-7-9-18-10-8-14/h13-15,18H,1-12H2,(H,19,23). The van der Waals surface area contributed by atoms with Crippen molar-refractivity contribution in [1.29, 1.82) is 0 Å². The summed E-state index contributed by atoms with van der Waals surface area (Å²) in [5, 5.41) is 14.3.